The second kappa shape index (κ2) is 15.2. The Kier molecular flexibility index (Phi) is 14.2. The molecular weight excluding hydrogens is 340 g/mol. The molecule has 0 fully saturated rings. The molecule has 0 atom stereocenters. The Labute approximate surface area is 165 Å². The lowest BCUT2D eigenvalue weighted by Crippen LogP contribution is -2.20. The zero-order valence-electron chi connectivity index (χ0n) is 17.6. The third-order valence-electron chi connectivity index (χ3n) is 4.39. The van der Waals surface area contributed by atoms with E-state index in [2.05, 4.69) is 24.5 Å². The van der Waals surface area contributed by atoms with Crippen molar-refractivity contribution < 1.29 is 19.1 Å². The van der Waals surface area contributed by atoms with Crippen molar-refractivity contribution in [2.24, 2.45) is 0 Å². The summed E-state index contributed by atoms with van der Waals surface area (Å²) in [6, 6.07) is 0. The van der Waals surface area contributed by atoms with Gasteiger partial charge >= 0.3 is 11.9 Å². The zero-order chi connectivity index (χ0) is 20.7. The van der Waals surface area contributed by atoms with Gasteiger partial charge in [0, 0.05) is 5.57 Å². The minimum Gasteiger partial charge on any atom is -0.466 e. The van der Waals surface area contributed by atoms with E-state index in [0.29, 0.717) is 0 Å². The van der Waals surface area contributed by atoms with Gasteiger partial charge in [0.05, 0.1) is 13.5 Å². The van der Waals surface area contributed by atoms with E-state index in [1.165, 1.54) is 18.3 Å². The van der Waals surface area contributed by atoms with Crippen molar-refractivity contribution in [2.45, 2.75) is 90.6 Å². The fourth-order valence-corrected chi connectivity index (χ4v) is 2.83. The Morgan fingerprint density at radius 1 is 0.815 bits per heavy atom. The average Bonchev–Trinajstić information content (AvgIpc) is 2.59. The summed E-state index contributed by atoms with van der Waals surface area (Å²) < 4.78 is 10.2. The number of methoxy groups -OCH3 is 1. The number of unbranched alkanes of at least 4 members (excludes halogenated alkanes) is 4. The van der Waals surface area contributed by atoms with Crippen LogP contribution in [0.2, 0.25) is 0 Å². The van der Waals surface area contributed by atoms with Crippen LogP contribution in [-0.4, -0.2) is 25.2 Å². The summed E-state index contributed by atoms with van der Waals surface area (Å²) in [7, 11) is 1.28. The maximum Gasteiger partial charge on any atom is 0.333 e. The summed E-state index contributed by atoms with van der Waals surface area (Å²) >= 11 is 0. The Hall–Kier alpha value is -1.84. The first-order valence-corrected chi connectivity index (χ1v) is 10.0. The van der Waals surface area contributed by atoms with Gasteiger partial charge in [-0.3, -0.25) is 4.79 Å². The highest BCUT2D eigenvalue weighted by molar-refractivity contribution is 5.93. The minimum atomic E-state index is -0.567. The third kappa shape index (κ3) is 15.0. The van der Waals surface area contributed by atoms with E-state index >= 15 is 0 Å². The molecule has 0 saturated heterocycles. The fraction of sp³-hybridized carbons (Fsp3) is 0.652. The normalized spacial score (nSPS) is 10.5. The van der Waals surface area contributed by atoms with E-state index in [1.54, 1.807) is 0 Å². The van der Waals surface area contributed by atoms with Gasteiger partial charge in [0.2, 0.25) is 0 Å². The first kappa shape index (κ1) is 25.2. The van der Waals surface area contributed by atoms with Crippen LogP contribution in [0.3, 0.4) is 0 Å². The molecular formula is C23H38O4. The van der Waals surface area contributed by atoms with Crippen molar-refractivity contribution in [1.29, 1.82) is 0 Å². The summed E-state index contributed by atoms with van der Waals surface area (Å²) in [6.45, 7) is 15.5. The summed E-state index contributed by atoms with van der Waals surface area (Å²) in [5, 5.41) is 0. The first-order valence-electron chi connectivity index (χ1n) is 10.0. The number of allylic oxidation sites excluding steroid dienone is 2. The zero-order valence-corrected chi connectivity index (χ0v) is 17.6. The molecule has 0 saturated carbocycles. The van der Waals surface area contributed by atoms with Gasteiger partial charge in [-0.25, -0.2) is 4.79 Å². The molecule has 0 N–H and O–H groups in total. The number of rotatable bonds is 16. The SMILES string of the molecule is C=C(C)CCCCCC(CCCCCC(=C)C)OC(=O)CC(=C)C(=O)OC. The molecule has 0 aromatic carbocycles. The van der Waals surface area contributed by atoms with Crippen LogP contribution >= 0.6 is 0 Å². The molecule has 0 unspecified atom stereocenters. The fourth-order valence-electron chi connectivity index (χ4n) is 2.83. The summed E-state index contributed by atoms with van der Waals surface area (Å²) in [5.41, 5.74) is 2.54. The Bertz CT molecular complexity index is 481. The standard InChI is InChI=1S/C23H38O4/c1-18(2)13-9-7-11-15-21(16-12-8-10-14-19(3)4)27-22(24)17-20(5)23(25)26-6/h21H,1,3,5,7-17H2,2,4,6H3. The third-order valence-corrected chi connectivity index (χ3v) is 4.39. The van der Waals surface area contributed by atoms with E-state index in [-0.39, 0.29) is 18.1 Å². The van der Waals surface area contributed by atoms with Crippen LogP contribution < -0.4 is 0 Å². The molecule has 0 amide bonds. The van der Waals surface area contributed by atoms with Crippen LogP contribution in [0.5, 0.6) is 0 Å². The summed E-state index contributed by atoms with van der Waals surface area (Å²) in [4.78, 5) is 23.5. The average molecular weight is 379 g/mol. The molecule has 154 valence electrons. The van der Waals surface area contributed by atoms with Crippen LogP contribution in [-0.2, 0) is 19.1 Å². The minimum absolute atomic E-state index is 0.0994. The van der Waals surface area contributed by atoms with Crippen LogP contribution in [0.25, 0.3) is 0 Å². The molecule has 27 heavy (non-hydrogen) atoms. The van der Waals surface area contributed by atoms with Gasteiger partial charge in [0.15, 0.2) is 0 Å². The largest absolute Gasteiger partial charge is 0.466 e. The highest BCUT2D eigenvalue weighted by atomic mass is 16.5. The maximum absolute atomic E-state index is 12.1. The quantitative estimate of drug-likeness (QED) is 0.141. The lowest BCUT2D eigenvalue weighted by molar-refractivity contribution is -0.150. The van der Waals surface area contributed by atoms with E-state index in [9.17, 15) is 9.59 Å². The number of hydrogen-bond acceptors (Lipinski definition) is 4. The van der Waals surface area contributed by atoms with E-state index in [4.69, 9.17) is 4.74 Å². The molecule has 0 bridgehead atoms. The molecule has 0 radical (unpaired) electrons. The topological polar surface area (TPSA) is 52.6 Å². The van der Waals surface area contributed by atoms with Crippen LogP contribution in [0.1, 0.15) is 84.5 Å². The molecule has 0 heterocycles. The second-order valence-electron chi connectivity index (χ2n) is 7.50. The summed E-state index contributed by atoms with van der Waals surface area (Å²) in [5.74, 6) is -0.970. The van der Waals surface area contributed by atoms with Crippen LogP contribution in [0.4, 0.5) is 0 Å². The van der Waals surface area contributed by atoms with Crippen molar-refractivity contribution in [3.63, 3.8) is 0 Å². The number of ether oxygens (including phenoxy) is 2. The lowest BCUT2D eigenvalue weighted by atomic mass is 10.0. The smallest absolute Gasteiger partial charge is 0.333 e. The molecule has 0 spiro atoms. The molecule has 4 nitrogen and oxygen atoms in total. The van der Waals surface area contributed by atoms with Crippen molar-refractivity contribution in [3.05, 3.63) is 36.5 Å². The van der Waals surface area contributed by atoms with Crippen LogP contribution in [0, 0.1) is 0 Å². The van der Waals surface area contributed by atoms with Gasteiger partial charge in [0.1, 0.15) is 6.10 Å². The molecule has 0 aromatic heterocycles. The van der Waals surface area contributed by atoms with E-state index in [0.717, 1.165) is 64.2 Å². The molecule has 0 rings (SSSR count). The van der Waals surface area contributed by atoms with Crippen molar-refractivity contribution >= 4 is 11.9 Å². The molecule has 0 aromatic rings. The maximum atomic E-state index is 12.1. The molecule has 0 aliphatic heterocycles. The van der Waals surface area contributed by atoms with Gasteiger partial charge in [-0.2, -0.15) is 0 Å². The molecule has 0 aliphatic rings. The monoisotopic (exact) mass is 378 g/mol. The molecule has 0 aliphatic carbocycles. The van der Waals surface area contributed by atoms with Gasteiger partial charge in [0.25, 0.3) is 0 Å². The second-order valence-corrected chi connectivity index (χ2v) is 7.50. The van der Waals surface area contributed by atoms with Gasteiger partial charge < -0.3 is 9.47 Å². The first-order chi connectivity index (χ1) is 12.8. The number of esters is 2. The Morgan fingerprint density at radius 3 is 1.70 bits per heavy atom. The van der Waals surface area contributed by atoms with Gasteiger partial charge in [-0.1, -0.05) is 30.6 Å². The van der Waals surface area contributed by atoms with Crippen LogP contribution in [0.15, 0.2) is 36.5 Å². The highest BCUT2D eigenvalue weighted by Gasteiger charge is 2.18. The molecule has 4 heteroatoms. The van der Waals surface area contributed by atoms with Crippen molar-refractivity contribution in [2.75, 3.05) is 7.11 Å². The predicted molar refractivity (Wildman–Crippen MR) is 111 cm³/mol. The van der Waals surface area contributed by atoms with E-state index in [1.807, 2.05) is 13.8 Å². The van der Waals surface area contributed by atoms with Crippen molar-refractivity contribution in [3.8, 4) is 0 Å². The number of hydrogen-bond donors (Lipinski definition) is 0. The van der Waals surface area contributed by atoms with E-state index < -0.39 is 11.9 Å². The Balaban J connectivity index is 4.37. The summed E-state index contributed by atoms with van der Waals surface area (Å²) in [6.07, 6.45) is 10.1. The highest BCUT2D eigenvalue weighted by Crippen LogP contribution is 2.18. The number of carbonyl (C=O) groups excluding carboxylic acids is 2. The number of carbonyl (C=O) groups is 2. The predicted octanol–water partition coefficient (Wildman–Crippen LogP) is 6.07. The van der Waals surface area contributed by atoms with Crippen molar-refractivity contribution in [1.82, 2.24) is 0 Å². The van der Waals surface area contributed by atoms with Gasteiger partial charge in [-0.05, 0) is 65.2 Å². The lowest BCUT2D eigenvalue weighted by Gasteiger charge is -2.18. The van der Waals surface area contributed by atoms with Gasteiger partial charge in [-0.15, -0.1) is 13.2 Å². The Morgan fingerprint density at radius 2 is 1.30 bits per heavy atom.